The fourth-order valence-corrected chi connectivity index (χ4v) is 1.76. The summed E-state index contributed by atoms with van der Waals surface area (Å²) in [5.74, 6) is 0. The number of hydrogen-bond donors (Lipinski definition) is 2. The highest BCUT2D eigenvalue weighted by atomic mass is 16.7. The maximum absolute atomic E-state index is 11.3. The lowest BCUT2D eigenvalue weighted by atomic mass is 9.81. The molecule has 0 unspecified atom stereocenters. The van der Waals surface area contributed by atoms with Crippen molar-refractivity contribution in [1.29, 1.82) is 0 Å². The van der Waals surface area contributed by atoms with Gasteiger partial charge < -0.3 is 14.8 Å². The number of ether oxygens (including phenoxy) is 1. The Morgan fingerprint density at radius 1 is 1.39 bits per heavy atom. The zero-order chi connectivity index (χ0) is 13.6. The predicted molar refractivity (Wildman–Crippen MR) is 65.9 cm³/mol. The van der Waals surface area contributed by atoms with Crippen LogP contribution in [0.25, 0.3) is 0 Å². The highest BCUT2D eigenvalue weighted by molar-refractivity contribution is 5.66. The number of hydrogen-bond acceptors (Lipinski definition) is 5. The molecule has 6 heteroatoms. The molecule has 6 nitrogen and oxygen atoms in total. The van der Waals surface area contributed by atoms with Crippen LogP contribution in [0.3, 0.4) is 0 Å². The standard InChI is InChI=1S/C12H22N2O4/c1-11(2,3)18-10(16)14-17-9-12(8-15)4-6-13-7-5-12/h8,13H,4-7,9H2,1-3H3,(H,14,16). The smallest absolute Gasteiger partial charge is 0.431 e. The molecule has 1 saturated heterocycles. The molecule has 0 saturated carbocycles. The minimum absolute atomic E-state index is 0.178. The maximum Gasteiger partial charge on any atom is 0.431 e. The van der Waals surface area contributed by atoms with Crippen molar-refractivity contribution in [2.75, 3.05) is 19.7 Å². The van der Waals surface area contributed by atoms with Gasteiger partial charge in [0.1, 0.15) is 11.9 Å². The number of rotatable bonds is 4. The second kappa shape index (κ2) is 6.15. The molecule has 0 bridgehead atoms. The number of carbonyl (C=O) groups is 2. The maximum atomic E-state index is 11.3. The summed E-state index contributed by atoms with van der Waals surface area (Å²) in [6, 6.07) is 0. The molecular weight excluding hydrogens is 236 g/mol. The molecule has 0 aliphatic carbocycles. The van der Waals surface area contributed by atoms with Crippen LogP contribution in [-0.2, 0) is 14.4 Å². The lowest BCUT2D eigenvalue weighted by molar-refractivity contribution is -0.124. The van der Waals surface area contributed by atoms with Crippen LogP contribution < -0.4 is 10.8 Å². The van der Waals surface area contributed by atoms with Crippen molar-refractivity contribution in [2.24, 2.45) is 5.41 Å². The van der Waals surface area contributed by atoms with Gasteiger partial charge in [-0.2, -0.15) is 5.48 Å². The summed E-state index contributed by atoms with van der Waals surface area (Å²) in [4.78, 5) is 27.6. The van der Waals surface area contributed by atoms with Gasteiger partial charge in [0.05, 0.1) is 12.0 Å². The third-order valence-corrected chi connectivity index (χ3v) is 2.76. The fourth-order valence-electron chi connectivity index (χ4n) is 1.76. The van der Waals surface area contributed by atoms with E-state index in [1.165, 1.54) is 0 Å². The molecule has 0 aromatic heterocycles. The van der Waals surface area contributed by atoms with Crippen molar-refractivity contribution < 1.29 is 19.2 Å². The molecule has 0 aromatic rings. The van der Waals surface area contributed by atoms with Gasteiger partial charge in [0, 0.05) is 0 Å². The summed E-state index contributed by atoms with van der Waals surface area (Å²) < 4.78 is 5.02. The van der Waals surface area contributed by atoms with Gasteiger partial charge in [-0.3, -0.25) is 4.84 Å². The Hall–Kier alpha value is -1.14. The monoisotopic (exact) mass is 258 g/mol. The molecule has 1 fully saturated rings. The van der Waals surface area contributed by atoms with Crippen molar-refractivity contribution in [3.05, 3.63) is 0 Å². The van der Waals surface area contributed by atoms with Gasteiger partial charge >= 0.3 is 6.09 Å². The molecule has 1 aliphatic rings. The van der Waals surface area contributed by atoms with E-state index in [2.05, 4.69) is 10.8 Å². The third kappa shape index (κ3) is 5.01. The SMILES string of the molecule is CC(C)(C)OC(=O)NOCC1(C=O)CCNCC1. The average Bonchev–Trinajstić information content (AvgIpc) is 2.28. The van der Waals surface area contributed by atoms with E-state index >= 15 is 0 Å². The van der Waals surface area contributed by atoms with Crippen LogP contribution in [0.1, 0.15) is 33.6 Å². The highest BCUT2D eigenvalue weighted by Gasteiger charge is 2.32. The van der Waals surface area contributed by atoms with E-state index < -0.39 is 17.1 Å². The topological polar surface area (TPSA) is 76.7 Å². The average molecular weight is 258 g/mol. The van der Waals surface area contributed by atoms with Crippen molar-refractivity contribution >= 4 is 12.4 Å². The van der Waals surface area contributed by atoms with Crippen LogP contribution in [-0.4, -0.2) is 37.7 Å². The Kier molecular flexibility index (Phi) is 5.10. The minimum atomic E-state index is -0.641. The van der Waals surface area contributed by atoms with Gasteiger partial charge in [-0.15, -0.1) is 0 Å². The Morgan fingerprint density at radius 2 is 2.00 bits per heavy atom. The highest BCUT2D eigenvalue weighted by Crippen LogP contribution is 2.26. The molecule has 1 aliphatic heterocycles. The molecule has 18 heavy (non-hydrogen) atoms. The van der Waals surface area contributed by atoms with Crippen molar-refractivity contribution in [1.82, 2.24) is 10.8 Å². The van der Waals surface area contributed by atoms with Crippen LogP contribution in [0, 0.1) is 5.41 Å². The zero-order valence-corrected chi connectivity index (χ0v) is 11.2. The number of piperidine rings is 1. The van der Waals surface area contributed by atoms with E-state index in [9.17, 15) is 9.59 Å². The lowest BCUT2D eigenvalue weighted by Crippen LogP contribution is -2.43. The molecule has 1 rings (SSSR count). The lowest BCUT2D eigenvalue weighted by Gasteiger charge is -2.31. The van der Waals surface area contributed by atoms with Gasteiger partial charge in [-0.25, -0.2) is 4.79 Å². The molecule has 2 N–H and O–H groups in total. The second-order valence-electron chi connectivity index (χ2n) is 5.62. The van der Waals surface area contributed by atoms with Gasteiger partial charge in [-0.1, -0.05) is 0 Å². The van der Waals surface area contributed by atoms with Crippen LogP contribution in [0.15, 0.2) is 0 Å². The first kappa shape index (κ1) is 14.9. The molecule has 0 spiro atoms. The molecule has 0 radical (unpaired) electrons. The quantitative estimate of drug-likeness (QED) is 0.581. The minimum Gasteiger partial charge on any atom is -0.442 e. The summed E-state index contributed by atoms with van der Waals surface area (Å²) in [6.07, 6.45) is 1.71. The van der Waals surface area contributed by atoms with E-state index in [1.807, 2.05) is 0 Å². The van der Waals surface area contributed by atoms with Crippen LogP contribution >= 0.6 is 0 Å². The van der Waals surface area contributed by atoms with Crippen molar-refractivity contribution in [3.8, 4) is 0 Å². The largest absolute Gasteiger partial charge is 0.442 e. The van der Waals surface area contributed by atoms with Crippen molar-refractivity contribution in [3.63, 3.8) is 0 Å². The van der Waals surface area contributed by atoms with Gasteiger partial charge in [0.25, 0.3) is 0 Å². The van der Waals surface area contributed by atoms with Gasteiger partial charge in [0.15, 0.2) is 0 Å². The van der Waals surface area contributed by atoms with Crippen LogP contribution in [0.5, 0.6) is 0 Å². The first-order chi connectivity index (χ1) is 8.37. The molecule has 0 aromatic carbocycles. The van der Waals surface area contributed by atoms with Gasteiger partial charge in [-0.05, 0) is 46.7 Å². The Bertz CT molecular complexity index is 293. The number of hydroxylamine groups is 1. The molecule has 1 heterocycles. The summed E-state index contributed by atoms with van der Waals surface area (Å²) in [7, 11) is 0. The summed E-state index contributed by atoms with van der Waals surface area (Å²) in [6.45, 7) is 7.06. The van der Waals surface area contributed by atoms with Gasteiger partial charge in [0.2, 0.25) is 0 Å². The second-order valence-corrected chi connectivity index (χ2v) is 5.62. The predicted octanol–water partition coefficient (Wildman–Crippen LogP) is 1.01. The van der Waals surface area contributed by atoms with Crippen LogP contribution in [0.2, 0.25) is 0 Å². The van der Waals surface area contributed by atoms with Crippen LogP contribution in [0.4, 0.5) is 4.79 Å². The molecule has 104 valence electrons. The first-order valence-electron chi connectivity index (χ1n) is 6.15. The Balaban J connectivity index is 2.31. The molecule has 0 atom stereocenters. The number of carbonyl (C=O) groups excluding carboxylic acids is 2. The number of amides is 1. The van der Waals surface area contributed by atoms with Crippen molar-refractivity contribution in [2.45, 2.75) is 39.2 Å². The normalized spacial score (nSPS) is 19.1. The Morgan fingerprint density at radius 3 is 2.50 bits per heavy atom. The van der Waals surface area contributed by atoms with E-state index in [-0.39, 0.29) is 6.61 Å². The number of aldehydes is 1. The van der Waals surface area contributed by atoms with E-state index in [0.29, 0.717) is 12.8 Å². The summed E-state index contributed by atoms with van der Waals surface area (Å²) in [5, 5.41) is 3.18. The third-order valence-electron chi connectivity index (χ3n) is 2.76. The number of nitrogens with one attached hydrogen (secondary N) is 2. The summed E-state index contributed by atoms with van der Waals surface area (Å²) in [5.41, 5.74) is 1.14. The molecular formula is C12H22N2O4. The van der Waals surface area contributed by atoms with E-state index in [0.717, 1.165) is 19.4 Å². The fraction of sp³-hybridized carbons (Fsp3) is 0.833. The first-order valence-corrected chi connectivity index (χ1v) is 6.15. The zero-order valence-electron chi connectivity index (χ0n) is 11.2. The molecule has 1 amide bonds. The summed E-state index contributed by atoms with van der Waals surface area (Å²) >= 11 is 0. The Labute approximate surface area is 107 Å². The van der Waals surface area contributed by atoms with E-state index in [4.69, 9.17) is 9.57 Å². The van der Waals surface area contributed by atoms with E-state index in [1.54, 1.807) is 20.8 Å².